The molecule has 0 saturated heterocycles. The molecule has 0 spiro atoms. The van der Waals surface area contributed by atoms with Crippen LogP contribution >= 0.6 is 0 Å². The fraction of sp³-hybridized carbons (Fsp3) is 0.533. The Balaban J connectivity index is 2.98. The Kier molecular flexibility index (Phi) is 5.51. The first-order chi connectivity index (χ1) is 8.83. The van der Waals surface area contributed by atoms with Crippen molar-refractivity contribution in [3.05, 3.63) is 35.9 Å². The number of nitrogens with zero attached hydrogens (tertiary/aromatic N) is 1. The van der Waals surface area contributed by atoms with Crippen molar-refractivity contribution in [3.63, 3.8) is 0 Å². The summed E-state index contributed by atoms with van der Waals surface area (Å²) in [4.78, 5) is 2.16. The Morgan fingerprint density at radius 1 is 1.37 bits per heavy atom. The van der Waals surface area contributed by atoms with E-state index in [9.17, 15) is 5.11 Å². The Bertz CT molecular complexity index is 398. The van der Waals surface area contributed by atoms with Crippen LogP contribution in [-0.2, 0) is 0 Å². The average Bonchev–Trinajstić information content (AvgIpc) is 2.33. The minimum atomic E-state index is -0.764. The molecule has 19 heavy (non-hydrogen) atoms. The van der Waals surface area contributed by atoms with Gasteiger partial charge in [0.25, 0.3) is 0 Å². The molecular formula is C15H25N3O. The highest BCUT2D eigenvalue weighted by molar-refractivity contribution is 5.77. The maximum atomic E-state index is 10.0. The van der Waals surface area contributed by atoms with Crippen molar-refractivity contribution in [3.8, 4) is 0 Å². The summed E-state index contributed by atoms with van der Waals surface area (Å²) in [5.41, 5.74) is 5.95. The molecule has 0 aromatic heterocycles. The molecule has 1 unspecified atom stereocenters. The summed E-state index contributed by atoms with van der Waals surface area (Å²) in [7, 11) is 0. The predicted octanol–water partition coefficient (Wildman–Crippen LogP) is 2.15. The monoisotopic (exact) mass is 263 g/mol. The van der Waals surface area contributed by atoms with Gasteiger partial charge in [0.1, 0.15) is 0 Å². The van der Waals surface area contributed by atoms with E-state index in [2.05, 4.69) is 11.8 Å². The number of benzene rings is 1. The number of nitrogens with two attached hydrogens (primary N) is 1. The summed E-state index contributed by atoms with van der Waals surface area (Å²) >= 11 is 0. The molecule has 0 amide bonds. The average molecular weight is 263 g/mol. The molecule has 4 heteroatoms. The van der Waals surface area contributed by atoms with Gasteiger partial charge in [-0.1, -0.05) is 37.3 Å². The highest BCUT2D eigenvalue weighted by atomic mass is 16.3. The van der Waals surface area contributed by atoms with Gasteiger partial charge in [-0.05, 0) is 26.0 Å². The maximum Gasteiger partial charge on any atom is 0.0924 e. The number of rotatable bonds is 7. The Labute approximate surface area is 115 Å². The summed E-state index contributed by atoms with van der Waals surface area (Å²) < 4.78 is 0. The topological polar surface area (TPSA) is 73.3 Å². The number of hydrogen-bond acceptors (Lipinski definition) is 3. The van der Waals surface area contributed by atoms with Crippen molar-refractivity contribution in [1.82, 2.24) is 4.90 Å². The van der Waals surface area contributed by atoms with E-state index in [0.29, 0.717) is 13.0 Å². The van der Waals surface area contributed by atoms with E-state index in [1.807, 2.05) is 30.3 Å². The van der Waals surface area contributed by atoms with Gasteiger partial charge in [-0.2, -0.15) is 0 Å². The van der Waals surface area contributed by atoms with Crippen LogP contribution in [0, 0.1) is 5.41 Å². The second-order valence-electron chi connectivity index (χ2n) is 5.53. The van der Waals surface area contributed by atoms with E-state index in [-0.39, 0.29) is 11.9 Å². The normalized spacial score (nSPS) is 13.5. The smallest absolute Gasteiger partial charge is 0.0924 e. The second-order valence-corrected chi connectivity index (χ2v) is 5.53. The standard InChI is InChI=1S/C15H25N3O/c1-4-18(11-15(2,3)19)13(10-14(16)17)12-8-6-5-7-9-12/h5-9,13,19H,4,10-11H2,1-3H3,(H3,16,17). The van der Waals surface area contributed by atoms with Crippen LogP contribution < -0.4 is 5.73 Å². The molecule has 1 aromatic rings. The molecule has 0 aliphatic heterocycles. The van der Waals surface area contributed by atoms with Crippen molar-refractivity contribution in [1.29, 1.82) is 5.41 Å². The van der Waals surface area contributed by atoms with Gasteiger partial charge in [-0.15, -0.1) is 0 Å². The van der Waals surface area contributed by atoms with Gasteiger partial charge in [0.05, 0.1) is 11.4 Å². The van der Waals surface area contributed by atoms with Crippen molar-refractivity contribution < 1.29 is 5.11 Å². The quantitative estimate of drug-likeness (QED) is 0.521. The molecule has 1 atom stereocenters. The van der Waals surface area contributed by atoms with E-state index < -0.39 is 5.60 Å². The zero-order chi connectivity index (χ0) is 14.5. The van der Waals surface area contributed by atoms with Gasteiger partial charge in [0.2, 0.25) is 0 Å². The summed E-state index contributed by atoms with van der Waals surface area (Å²) in [6, 6.07) is 10.1. The minimum Gasteiger partial charge on any atom is -0.389 e. The Morgan fingerprint density at radius 2 is 1.95 bits per heavy atom. The Morgan fingerprint density at radius 3 is 2.37 bits per heavy atom. The van der Waals surface area contributed by atoms with Crippen LogP contribution in [0.25, 0.3) is 0 Å². The summed E-state index contributed by atoms with van der Waals surface area (Å²) in [6.07, 6.45) is 0.480. The largest absolute Gasteiger partial charge is 0.389 e. The lowest BCUT2D eigenvalue weighted by Crippen LogP contribution is -2.41. The van der Waals surface area contributed by atoms with Gasteiger partial charge in [-0.3, -0.25) is 10.3 Å². The zero-order valence-electron chi connectivity index (χ0n) is 12.1. The van der Waals surface area contributed by atoms with Crippen LogP contribution in [0.5, 0.6) is 0 Å². The number of amidine groups is 1. The maximum absolute atomic E-state index is 10.0. The second kappa shape index (κ2) is 6.68. The molecule has 4 N–H and O–H groups in total. The molecular weight excluding hydrogens is 238 g/mol. The van der Waals surface area contributed by atoms with Crippen LogP contribution in [-0.4, -0.2) is 34.5 Å². The van der Waals surface area contributed by atoms with Crippen LogP contribution in [0.15, 0.2) is 30.3 Å². The first-order valence-corrected chi connectivity index (χ1v) is 6.67. The lowest BCUT2D eigenvalue weighted by Gasteiger charge is -2.35. The number of nitrogens with one attached hydrogen (secondary N) is 1. The molecule has 0 saturated carbocycles. The molecule has 0 radical (unpaired) electrons. The third-order valence-corrected chi connectivity index (χ3v) is 3.03. The lowest BCUT2D eigenvalue weighted by atomic mass is 9.99. The van der Waals surface area contributed by atoms with Crippen LogP contribution in [0.1, 0.15) is 38.8 Å². The van der Waals surface area contributed by atoms with Gasteiger partial charge in [-0.25, -0.2) is 0 Å². The van der Waals surface area contributed by atoms with Gasteiger partial charge < -0.3 is 10.8 Å². The van der Waals surface area contributed by atoms with Gasteiger partial charge >= 0.3 is 0 Å². The van der Waals surface area contributed by atoms with E-state index in [1.54, 1.807) is 13.8 Å². The van der Waals surface area contributed by atoms with E-state index in [0.717, 1.165) is 12.1 Å². The molecule has 0 bridgehead atoms. The van der Waals surface area contributed by atoms with Gasteiger partial charge in [0, 0.05) is 19.0 Å². The molecule has 0 fully saturated rings. The fourth-order valence-electron chi connectivity index (χ4n) is 2.28. The molecule has 1 aromatic carbocycles. The zero-order valence-corrected chi connectivity index (χ0v) is 12.1. The number of likely N-dealkylation sites (N-methyl/N-ethyl adjacent to an activating group) is 1. The fourth-order valence-corrected chi connectivity index (χ4v) is 2.28. The SMILES string of the molecule is CCN(CC(C)(C)O)C(CC(=N)N)c1ccccc1. The summed E-state index contributed by atoms with van der Waals surface area (Å²) in [5, 5.41) is 17.6. The van der Waals surface area contributed by atoms with E-state index in [4.69, 9.17) is 11.1 Å². The number of hydrogen-bond donors (Lipinski definition) is 3. The highest BCUT2D eigenvalue weighted by Crippen LogP contribution is 2.25. The highest BCUT2D eigenvalue weighted by Gasteiger charge is 2.25. The molecule has 4 nitrogen and oxygen atoms in total. The Hall–Kier alpha value is -1.39. The van der Waals surface area contributed by atoms with Crippen LogP contribution in [0.2, 0.25) is 0 Å². The molecule has 1 rings (SSSR count). The van der Waals surface area contributed by atoms with Crippen LogP contribution in [0.3, 0.4) is 0 Å². The van der Waals surface area contributed by atoms with Crippen molar-refractivity contribution in [2.45, 2.75) is 38.8 Å². The van der Waals surface area contributed by atoms with Crippen LogP contribution in [0.4, 0.5) is 0 Å². The third-order valence-electron chi connectivity index (χ3n) is 3.03. The number of aliphatic hydroxyl groups is 1. The third kappa shape index (κ3) is 5.41. The van der Waals surface area contributed by atoms with E-state index in [1.165, 1.54) is 0 Å². The minimum absolute atomic E-state index is 0.0372. The van der Waals surface area contributed by atoms with Crippen molar-refractivity contribution >= 4 is 5.84 Å². The molecule has 0 heterocycles. The molecule has 0 aliphatic rings. The first-order valence-electron chi connectivity index (χ1n) is 6.67. The van der Waals surface area contributed by atoms with E-state index >= 15 is 0 Å². The van der Waals surface area contributed by atoms with Gasteiger partial charge in [0.15, 0.2) is 0 Å². The summed E-state index contributed by atoms with van der Waals surface area (Å²) in [6.45, 7) is 7.01. The molecule has 106 valence electrons. The van der Waals surface area contributed by atoms with Crippen molar-refractivity contribution in [2.75, 3.05) is 13.1 Å². The molecule has 0 aliphatic carbocycles. The lowest BCUT2D eigenvalue weighted by molar-refractivity contribution is 0.0231. The predicted molar refractivity (Wildman–Crippen MR) is 79.3 cm³/mol. The first kappa shape index (κ1) is 15.7. The summed E-state index contributed by atoms with van der Waals surface area (Å²) in [5.74, 6) is 0.169. The van der Waals surface area contributed by atoms with Crippen molar-refractivity contribution in [2.24, 2.45) is 5.73 Å².